The van der Waals surface area contributed by atoms with Gasteiger partial charge in [0, 0.05) is 74.6 Å². The van der Waals surface area contributed by atoms with E-state index in [2.05, 4.69) is 78.8 Å². The summed E-state index contributed by atoms with van der Waals surface area (Å²) in [6.45, 7) is 9.46. The topological polar surface area (TPSA) is 98.3 Å². The number of piperazine rings is 1. The van der Waals surface area contributed by atoms with Crippen molar-refractivity contribution in [3.63, 3.8) is 0 Å². The molecule has 0 aliphatic carbocycles. The third kappa shape index (κ3) is 5.75. The summed E-state index contributed by atoms with van der Waals surface area (Å²) < 4.78 is 0. The highest BCUT2D eigenvalue weighted by Gasteiger charge is 2.34. The van der Waals surface area contributed by atoms with Crippen LogP contribution in [0.15, 0.2) is 55.0 Å². The fraction of sp³-hybridized carbons (Fsp3) is 0.385. The first-order chi connectivity index (χ1) is 16.9. The summed E-state index contributed by atoms with van der Waals surface area (Å²) in [7, 11) is 0. The minimum atomic E-state index is -0.0421. The average Bonchev–Trinajstić information content (AvgIpc) is 2.84. The molecule has 0 saturated carbocycles. The van der Waals surface area contributed by atoms with E-state index in [-0.39, 0.29) is 11.4 Å². The number of anilines is 3. The minimum absolute atomic E-state index is 0.0421. The number of aromatic nitrogens is 3. The molecule has 5 aliphatic heterocycles. The second kappa shape index (κ2) is 9.97. The van der Waals surface area contributed by atoms with Crippen LogP contribution in [0.3, 0.4) is 0 Å². The molecule has 0 spiro atoms. The zero-order valence-corrected chi connectivity index (χ0v) is 20.3. The lowest BCUT2D eigenvalue weighted by Gasteiger charge is -2.47. The van der Waals surface area contributed by atoms with E-state index in [4.69, 9.17) is 0 Å². The van der Waals surface area contributed by atoms with Crippen molar-refractivity contribution in [3.05, 3.63) is 60.6 Å². The smallest absolute Gasteiger partial charge is 0.234 e. The maximum atomic E-state index is 12.5. The monoisotopic (exact) mass is 472 g/mol. The van der Waals surface area contributed by atoms with Gasteiger partial charge in [0.2, 0.25) is 11.9 Å². The lowest BCUT2D eigenvalue weighted by molar-refractivity contribution is -0.123. The Morgan fingerprint density at radius 1 is 0.914 bits per heavy atom. The molecule has 8 rings (SSSR count). The molecule has 1 saturated heterocycles. The summed E-state index contributed by atoms with van der Waals surface area (Å²) in [4.78, 5) is 30.6. The maximum Gasteiger partial charge on any atom is 0.234 e. The zero-order chi connectivity index (χ0) is 24.3. The molecule has 35 heavy (non-hydrogen) atoms. The van der Waals surface area contributed by atoms with Crippen LogP contribution in [0.1, 0.15) is 19.4 Å². The van der Waals surface area contributed by atoms with Gasteiger partial charge in [0.1, 0.15) is 5.82 Å². The van der Waals surface area contributed by atoms with Crippen LogP contribution in [0.4, 0.5) is 17.5 Å². The molecule has 8 bridgehead atoms. The molecule has 7 heterocycles. The van der Waals surface area contributed by atoms with Gasteiger partial charge in [-0.25, -0.2) is 15.0 Å². The molecule has 1 aromatic carbocycles. The van der Waals surface area contributed by atoms with Gasteiger partial charge in [-0.05, 0) is 49.2 Å². The van der Waals surface area contributed by atoms with Crippen molar-refractivity contribution >= 4 is 23.4 Å². The van der Waals surface area contributed by atoms with Gasteiger partial charge in [0.25, 0.3) is 0 Å². The van der Waals surface area contributed by atoms with Crippen molar-refractivity contribution in [1.29, 1.82) is 0 Å². The van der Waals surface area contributed by atoms with Crippen LogP contribution in [0.5, 0.6) is 0 Å². The van der Waals surface area contributed by atoms with Crippen molar-refractivity contribution in [2.24, 2.45) is 0 Å². The summed E-state index contributed by atoms with van der Waals surface area (Å²) in [6, 6.07) is 12.4. The molecule has 1 fully saturated rings. The van der Waals surface area contributed by atoms with E-state index < -0.39 is 0 Å². The first kappa shape index (κ1) is 23.2. The highest BCUT2D eigenvalue weighted by molar-refractivity contribution is 5.78. The highest BCUT2D eigenvalue weighted by atomic mass is 16.2. The summed E-state index contributed by atoms with van der Waals surface area (Å²) in [5.74, 6) is 1.35. The van der Waals surface area contributed by atoms with E-state index in [0.717, 1.165) is 48.8 Å². The second-order valence-corrected chi connectivity index (χ2v) is 9.77. The lowest BCUT2D eigenvalue weighted by atomic mass is 9.97. The van der Waals surface area contributed by atoms with E-state index in [0.29, 0.717) is 25.6 Å². The number of carbonyl (C=O) groups excluding carboxylic acids is 1. The Labute approximate surface area is 206 Å². The maximum absolute atomic E-state index is 12.5. The van der Waals surface area contributed by atoms with Crippen LogP contribution in [-0.4, -0.2) is 75.5 Å². The molecule has 9 heteroatoms. The van der Waals surface area contributed by atoms with Gasteiger partial charge in [-0.1, -0.05) is 12.1 Å². The van der Waals surface area contributed by atoms with Gasteiger partial charge in [-0.3, -0.25) is 14.6 Å². The van der Waals surface area contributed by atoms with Crippen molar-refractivity contribution in [1.82, 2.24) is 30.1 Å². The minimum Gasteiger partial charge on any atom is -0.353 e. The molecule has 3 N–H and O–H groups in total. The van der Waals surface area contributed by atoms with Gasteiger partial charge >= 0.3 is 0 Å². The summed E-state index contributed by atoms with van der Waals surface area (Å²) in [6.07, 6.45) is 5.37. The van der Waals surface area contributed by atoms with E-state index in [1.165, 1.54) is 5.56 Å². The van der Waals surface area contributed by atoms with Gasteiger partial charge in [-0.2, -0.15) is 0 Å². The molecule has 2 unspecified atom stereocenters. The normalized spacial score (nSPS) is 22.2. The number of carbonyl (C=O) groups is 1. The number of nitrogens with zero attached hydrogens (tertiary/aromatic N) is 5. The standard InChI is InChI=1S/C26H32N8O/c1-26(2)18-33-10-11-34(26)16-19-4-3-5-22(12-19)32-23-13-20(6-7-27-23)21-14-30-25(31-15-21)29-9-8-28-24(35)17-33/h3-7,12-15H,8-11,16-18H2,1-2H3,(H,27,32)(H,28,35)(H,29,30,31). The summed E-state index contributed by atoms with van der Waals surface area (Å²) in [5.41, 5.74) is 4.09. The van der Waals surface area contributed by atoms with E-state index in [1.54, 1.807) is 18.6 Å². The Kier molecular flexibility index (Phi) is 6.61. The second-order valence-electron chi connectivity index (χ2n) is 9.77. The average molecular weight is 473 g/mol. The van der Waals surface area contributed by atoms with E-state index in [1.807, 2.05) is 12.1 Å². The van der Waals surface area contributed by atoms with Crippen molar-refractivity contribution in [3.8, 4) is 11.1 Å². The van der Waals surface area contributed by atoms with Crippen molar-refractivity contribution in [2.45, 2.75) is 25.9 Å². The number of nitrogens with one attached hydrogen (secondary N) is 3. The Morgan fingerprint density at radius 3 is 2.57 bits per heavy atom. The number of rotatable bonds is 0. The number of amides is 1. The number of hydrogen-bond acceptors (Lipinski definition) is 8. The first-order valence-corrected chi connectivity index (χ1v) is 12.1. The summed E-state index contributed by atoms with van der Waals surface area (Å²) >= 11 is 0. The van der Waals surface area contributed by atoms with Crippen LogP contribution >= 0.6 is 0 Å². The van der Waals surface area contributed by atoms with Crippen LogP contribution in [0.2, 0.25) is 0 Å². The van der Waals surface area contributed by atoms with Crippen LogP contribution < -0.4 is 16.0 Å². The highest BCUT2D eigenvalue weighted by Crippen LogP contribution is 2.26. The zero-order valence-electron chi connectivity index (χ0n) is 20.3. The van der Waals surface area contributed by atoms with E-state index in [9.17, 15) is 4.79 Å². The van der Waals surface area contributed by atoms with Crippen LogP contribution in [0.25, 0.3) is 11.1 Å². The molecule has 0 radical (unpaired) electrons. The molecule has 2 atom stereocenters. The van der Waals surface area contributed by atoms with E-state index >= 15 is 0 Å². The molecule has 1 amide bonds. The predicted molar refractivity (Wildman–Crippen MR) is 137 cm³/mol. The third-order valence-electron chi connectivity index (χ3n) is 6.57. The van der Waals surface area contributed by atoms with Crippen LogP contribution in [0, 0.1) is 0 Å². The van der Waals surface area contributed by atoms with Crippen molar-refractivity contribution < 1.29 is 4.79 Å². The predicted octanol–water partition coefficient (Wildman–Crippen LogP) is 2.72. The lowest BCUT2D eigenvalue weighted by Crippen LogP contribution is -2.60. The molecule has 182 valence electrons. The quantitative estimate of drug-likeness (QED) is 0.460. The Balaban J connectivity index is 1.42. The molecule has 9 nitrogen and oxygen atoms in total. The SMILES string of the molecule is CC1(C)CN2CCN1Cc1cccc(c1)Nc1cc(ccn1)-c1cnc(nc1)NCCNC(=O)C2. The van der Waals surface area contributed by atoms with Gasteiger partial charge in [0.05, 0.1) is 6.54 Å². The summed E-state index contributed by atoms with van der Waals surface area (Å²) in [5, 5.41) is 9.62. The van der Waals surface area contributed by atoms with Gasteiger partial charge in [0.15, 0.2) is 0 Å². The Hall–Kier alpha value is -3.56. The largest absolute Gasteiger partial charge is 0.353 e. The fourth-order valence-electron chi connectivity index (χ4n) is 4.72. The van der Waals surface area contributed by atoms with Gasteiger partial charge in [-0.15, -0.1) is 0 Å². The Morgan fingerprint density at radius 2 is 1.74 bits per heavy atom. The van der Waals surface area contributed by atoms with Gasteiger partial charge < -0.3 is 16.0 Å². The number of pyridine rings is 1. The third-order valence-corrected chi connectivity index (χ3v) is 6.57. The molecule has 3 aromatic rings. The molecular weight excluding hydrogens is 440 g/mol. The molecule has 2 aromatic heterocycles. The Bertz CT molecular complexity index is 1180. The first-order valence-electron chi connectivity index (χ1n) is 12.1. The number of hydrogen-bond donors (Lipinski definition) is 3. The molecular formula is C26H32N8O. The fourth-order valence-corrected chi connectivity index (χ4v) is 4.72. The molecule has 5 aliphatic rings. The van der Waals surface area contributed by atoms with Crippen LogP contribution in [-0.2, 0) is 11.3 Å². The number of benzene rings is 1. The van der Waals surface area contributed by atoms with Crippen molar-refractivity contribution in [2.75, 3.05) is 49.9 Å².